The van der Waals surface area contributed by atoms with Gasteiger partial charge in [-0.05, 0) is 11.6 Å². The van der Waals surface area contributed by atoms with Gasteiger partial charge in [-0.2, -0.15) is 0 Å². The van der Waals surface area contributed by atoms with Crippen LogP contribution in [0.3, 0.4) is 0 Å². The van der Waals surface area contributed by atoms with E-state index < -0.39 is 11.4 Å². The van der Waals surface area contributed by atoms with Crippen molar-refractivity contribution in [3.05, 3.63) is 42.2 Å². The standard InChI is InChI=1S/C8H8O3S.Ba.2H/c9-12(10)11-7-6-8-4-2-1-3-5-8;;;/h1-7H,(H,9,10);;;/q;+2;2*-1/p-1. The molecule has 0 spiro atoms. The minimum Gasteiger partial charge on any atom is -1.00 e. The topological polar surface area (TPSA) is 49.4 Å². The number of benzene rings is 1. The number of hydrogen-bond donors (Lipinski definition) is 0. The molecule has 0 N–H and O–H groups in total. The van der Waals surface area contributed by atoms with Crippen LogP contribution in [-0.4, -0.2) is 57.6 Å². The minimum absolute atomic E-state index is 0. The molecule has 0 bridgehead atoms. The van der Waals surface area contributed by atoms with Gasteiger partial charge < -0.3 is 11.6 Å². The van der Waals surface area contributed by atoms with Gasteiger partial charge in [0.05, 0.1) is 0 Å². The summed E-state index contributed by atoms with van der Waals surface area (Å²) in [6, 6.07) is 9.27. The van der Waals surface area contributed by atoms with E-state index in [1.165, 1.54) is 0 Å². The van der Waals surface area contributed by atoms with E-state index >= 15 is 0 Å². The van der Waals surface area contributed by atoms with E-state index in [9.17, 15) is 8.76 Å². The molecule has 68 valence electrons. The molecule has 0 saturated heterocycles. The zero-order valence-electron chi connectivity index (χ0n) is 8.88. The minimum atomic E-state index is -2.48. The van der Waals surface area contributed by atoms with Crippen molar-refractivity contribution in [3.8, 4) is 0 Å². The Morgan fingerprint density at radius 3 is 2.54 bits per heavy atom. The molecule has 1 rings (SSSR count). The molecule has 0 radical (unpaired) electrons. The van der Waals surface area contributed by atoms with Crippen molar-refractivity contribution in [2.24, 2.45) is 0 Å². The Bertz CT molecular complexity index is 295. The average molecular weight is 323 g/mol. The van der Waals surface area contributed by atoms with E-state index in [1.54, 1.807) is 6.08 Å². The summed E-state index contributed by atoms with van der Waals surface area (Å²) in [5.41, 5.74) is 0.892. The molecule has 0 saturated carbocycles. The van der Waals surface area contributed by atoms with Gasteiger partial charge in [-0.3, -0.25) is 0 Å². The second kappa shape index (κ2) is 7.81. The van der Waals surface area contributed by atoms with Gasteiger partial charge in [0, 0.05) is 0 Å². The molecular formula is C8H9BaO3S-. The molecule has 0 amide bonds. The van der Waals surface area contributed by atoms with Gasteiger partial charge in [-0.1, -0.05) is 30.3 Å². The van der Waals surface area contributed by atoms with Gasteiger partial charge in [0.2, 0.25) is 0 Å². The van der Waals surface area contributed by atoms with Crippen molar-refractivity contribution in [1.82, 2.24) is 0 Å². The molecule has 0 aliphatic heterocycles. The van der Waals surface area contributed by atoms with E-state index in [2.05, 4.69) is 4.18 Å². The first-order chi connectivity index (χ1) is 5.79. The quantitative estimate of drug-likeness (QED) is 0.479. The predicted molar refractivity (Wildman–Crippen MR) is 53.5 cm³/mol. The molecule has 0 heterocycles. The molecular weight excluding hydrogens is 313 g/mol. The Balaban J connectivity index is -0.000000480. The van der Waals surface area contributed by atoms with Crippen LogP contribution in [0.15, 0.2) is 36.6 Å². The maximum Gasteiger partial charge on any atom is 2.00 e. The Labute approximate surface area is 123 Å². The summed E-state index contributed by atoms with van der Waals surface area (Å²) in [7, 11) is 0. The van der Waals surface area contributed by atoms with Gasteiger partial charge >= 0.3 is 48.9 Å². The van der Waals surface area contributed by atoms with Crippen LogP contribution in [0.5, 0.6) is 0 Å². The average Bonchev–Trinajstić information content (AvgIpc) is 2.05. The monoisotopic (exact) mass is 323 g/mol. The second-order valence-electron chi connectivity index (χ2n) is 2.01. The van der Waals surface area contributed by atoms with Gasteiger partial charge in [-0.25, -0.2) is 4.21 Å². The molecule has 1 aromatic rings. The van der Waals surface area contributed by atoms with Gasteiger partial charge in [0.25, 0.3) is 0 Å². The summed E-state index contributed by atoms with van der Waals surface area (Å²) < 4.78 is 24.0. The molecule has 1 unspecified atom stereocenters. The van der Waals surface area contributed by atoms with E-state index in [0.29, 0.717) is 0 Å². The van der Waals surface area contributed by atoms with Crippen LogP contribution in [0, 0.1) is 0 Å². The van der Waals surface area contributed by atoms with E-state index in [0.717, 1.165) is 11.8 Å². The Morgan fingerprint density at radius 1 is 1.38 bits per heavy atom. The first-order valence-corrected chi connectivity index (χ1v) is 4.27. The molecule has 0 fully saturated rings. The second-order valence-corrected chi connectivity index (χ2v) is 2.61. The van der Waals surface area contributed by atoms with Crippen LogP contribution in [-0.2, 0) is 15.5 Å². The van der Waals surface area contributed by atoms with Crippen molar-refractivity contribution in [3.63, 3.8) is 0 Å². The molecule has 1 atom stereocenters. The maximum absolute atomic E-state index is 9.92. The first-order valence-electron chi connectivity index (χ1n) is 3.27. The van der Waals surface area contributed by atoms with Crippen LogP contribution >= 0.6 is 0 Å². The molecule has 5 heteroatoms. The Kier molecular flexibility index (Phi) is 8.07. The number of rotatable bonds is 3. The molecule has 0 aliphatic carbocycles. The SMILES string of the molecule is O=S([O-])OC=Cc1ccccc1.[Ba+2].[H-].[H-]. The summed E-state index contributed by atoms with van der Waals surface area (Å²) in [4.78, 5) is 0. The third-order valence-corrected chi connectivity index (χ3v) is 1.46. The first kappa shape index (κ1) is 13.4. The summed E-state index contributed by atoms with van der Waals surface area (Å²) in [5, 5.41) is 0. The zero-order valence-corrected chi connectivity index (χ0v) is 12.1. The Morgan fingerprint density at radius 2 is 2.00 bits per heavy atom. The van der Waals surface area contributed by atoms with Crippen LogP contribution in [0.1, 0.15) is 8.42 Å². The summed E-state index contributed by atoms with van der Waals surface area (Å²) in [6.07, 6.45) is 2.69. The maximum atomic E-state index is 9.92. The van der Waals surface area contributed by atoms with E-state index in [4.69, 9.17) is 0 Å². The van der Waals surface area contributed by atoms with E-state index in [1.807, 2.05) is 30.3 Å². The van der Waals surface area contributed by atoms with Crippen LogP contribution in [0.4, 0.5) is 0 Å². The Hall–Kier alpha value is 0.441. The molecule has 1 aromatic carbocycles. The van der Waals surface area contributed by atoms with Crippen molar-refractivity contribution in [2.45, 2.75) is 0 Å². The van der Waals surface area contributed by atoms with Crippen LogP contribution in [0.2, 0.25) is 0 Å². The smallest absolute Gasteiger partial charge is 1.00 e. The van der Waals surface area contributed by atoms with Crippen molar-refractivity contribution < 1.29 is 15.8 Å². The largest absolute Gasteiger partial charge is 2.00 e. The van der Waals surface area contributed by atoms with Gasteiger partial charge in [0.15, 0.2) is 0 Å². The van der Waals surface area contributed by atoms with Crippen LogP contribution < -0.4 is 0 Å². The third kappa shape index (κ3) is 6.50. The van der Waals surface area contributed by atoms with Gasteiger partial charge in [0.1, 0.15) is 17.6 Å². The van der Waals surface area contributed by atoms with Crippen molar-refractivity contribution in [1.29, 1.82) is 0 Å². The summed E-state index contributed by atoms with van der Waals surface area (Å²) >= 11 is -2.48. The fourth-order valence-electron chi connectivity index (χ4n) is 0.716. The fourth-order valence-corrected chi connectivity index (χ4v) is 0.862. The number of hydrogen-bond acceptors (Lipinski definition) is 3. The molecule has 0 aromatic heterocycles. The van der Waals surface area contributed by atoms with Crippen LogP contribution in [0.25, 0.3) is 6.08 Å². The van der Waals surface area contributed by atoms with Crippen molar-refractivity contribution in [2.75, 3.05) is 0 Å². The normalized spacial score (nSPS) is 12.1. The molecule has 13 heavy (non-hydrogen) atoms. The third-order valence-electron chi connectivity index (χ3n) is 1.19. The summed E-state index contributed by atoms with van der Waals surface area (Å²) in [6.45, 7) is 0. The molecule has 0 aliphatic rings. The van der Waals surface area contributed by atoms with E-state index in [-0.39, 0.29) is 51.7 Å². The predicted octanol–water partition coefficient (Wildman–Crippen LogP) is 1.31. The molecule has 3 nitrogen and oxygen atoms in total. The zero-order chi connectivity index (χ0) is 8.81. The van der Waals surface area contributed by atoms with Crippen molar-refractivity contribution >= 4 is 66.3 Å². The fraction of sp³-hybridized carbons (Fsp3) is 0. The van der Waals surface area contributed by atoms with Gasteiger partial charge in [-0.15, -0.1) is 0 Å². The summed E-state index contributed by atoms with van der Waals surface area (Å²) in [5.74, 6) is 0.